The molecule has 18 heavy (non-hydrogen) atoms. The largest absolute Gasteiger partial charge is 0.0795 e. The highest BCUT2D eigenvalue weighted by atomic mass is 79.9. The average molecular weight is 307 g/mol. The van der Waals surface area contributed by atoms with E-state index < -0.39 is 0 Å². The number of fused-ring (bicyclic) bond motifs is 1. The Bertz CT molecular complexity index is 418. The maximum absolute atomic E-state index is 3.70. The lowest BCUT2D eigenvalue weighted by Crippen LogP contribution is -1.91. The molecule has 0 bridgehead atoms. The molecule has 0 atom stereocenters. The van der Waals surface area contributed by atoms with Crippen molar-refractivity contribution in [3.8, 4) is 0 Å². The fourth-order valence-corrected chi connectivity index (χ4v) is 3.32. The second-order valence-corrected chi connectivity index (χ2v) is 6.12. The molecule has 0 heterocycles. The van der Waals surface area contributed by atoms with Gasteiger partial charge in [0, 0.05) is 4.47 Å². The Balaban J connectivity index is 1.80. The number of hydrogen-bond acceptors (Lipinski definition) is 0. The number of halogens is 1. The summed E-state index contributed by atoms with van der Waals surface area (Å²) in [4.78, 5) is 0. The van der Waals surface area contributed by atoms with Crippen LogP contribution in [0.25, 0.3) is 6.08 Å². The van der Waals surface area contributed by atoms with Gasteiger partial charge in [-0.1, -0.05) is 73.2 Å². The zero-order valence-electron chi connectivity index (χ0n) is 11.3. The zero-order chi connectivity index (χ0) is 12.8. The van der Waals surface area contributed by atoms with Crippen molar-refractivity contribution in [2.45, 2.75) is 58.3 Å². The Labute approximate surface area is 120 Å². The molecular formula is C17H23Br. The summed E-state index contributed by atoms with van der Waals surface area (Å²) in [5.41, 5.74) is 4.37. The summed E-state index contributed by atoms with van der Waals surface area (Å²) >= 11 is 3.70. The Hall–Kier alpha value is -0.560. The number of aryl methyl sites for hydroxylation is 1. The highest BCUT2D eigenvalue weighted by Crippen LogP contribution is 2.29. The summed E-state index contributed by atoms with van der Waals surface area (Å²) < 4.78 is 1.30. The van der Waals surface area contributed by atoms with Gasteiger partial charge in [0.15, 0.2) is 0 Å². The van der Waals surface area contributed by atoms with Crippen LogP contribution in [-0.4, -0.2) is 0 Å². The van der Waals surface area contributed by atoms with E-state index in [0.717, 1.165) is 6.42 Å². The number of rotatable bonds is 7. The van der Waals surface area contributed by atoms with Gasteiger partial charge in [-0.25, -0.2) is 0 Å². The standard InChI is InChI=1S/C17H23Br/c1-2-3-4-5-6-7-9-14-12-15-10-8-11-16(15)17(18)13-14/h8,10,12-13H,2-7,9,11H2,1H3. The van der Waals surface area contributed by atoms with Crippen molar-refractivity contribution in [1.29, 1.82) is 0 Å². The molecule has 0 aromatic heterocycles. The van der Waals surface area contributed by atoms with Crippen LogP contribution in [0, 0.1) is 0 Å². The Kier molecular flexibility index (Phi) is 5.49. The molecule has 0 N–H and O–H groups in total. The van der Waals surface area contributed by atoms with E-state index in [4.69, 9.17) is 0 Å². The minimum Gasteiger partial charge on any atom is -0.0795 e. The SMILES string of the molecule is CCCCCCCCc1cc(Br)c2c(c1)C=CC2. The van der Waals surface area contributed by atoms with Gasteiger partial charge in [-0.15, -0.1) is 0 Å². The van der Waals surface area contributed by atoms with E-state index >= 15 is 0 Å². The molecular weight excluding hydrogens is 284 g/mol. The average Bonchev–Trinajstić information content (AvgIpc) is 2.82. The third-order valence-corrected chi connectivity index (χ3v) is 4.44. The molecule has 1 aromatic rings. The van der Waals surface area contributed by atoms with Crippen LogP contribution in [0.4, 0.5) is 0 Å². The van der Waals surface area contributed by atoms with Gasteiger partial charge in [-0.2, -0.15) is 0 Å². The van der Waals surface area contributed by atoms with Crippen LogP contribution >= 0.6 is 15.9 Å². The van der Waals surface area contributed by atoms with E-state index in [1.54, 1.807) is 0 Å². The molecule has 0 fully saturated rings. The Morgan fingerprint density at radius 3 is 2.67 bits per heavy atom. The quantitative estimate of drug-likeness (QED) is 0.548. The molecule has 0 saturated carbocycles. The molecule has 0 unspecified atom stereocenters. The molecule has 0 radical (unpaired) electrons. The van der Waals surface area contributed by atoms with E-state index in [-0.39, 0.29) is 0 Å². The van der Waals surface area contributed by atoms with Crippen LogP contribution in [0.3, 0.4) is 0 Å². The van der Waals surface area contributed by atoms with Crippen molar-refractivity contribution in [2.24, 2.45) is 0 Å². The second kappa shape index (κ2) is 7.13. The van der Waals surface area contributed by atoms with Crippen LogP contribution < -0.4 is 0 Å². The molecule has 1 aliphatic rings. The predicted octanol–water partition coefficient (Wildman–Crippen LogP) is 5.92. The van der Waals surface area contributed by atoms with Crippen LogP contribution in [0.1, 0.15) is 62.1 Å². The van der Waals surface area contributed by atoms with Crippen molar-refractivity contribution in [3.05, 3.63) is 39.4 Å². The normalized spacial score (nSPS) is 13.0. The monoisotopic (exact) mass is 306 g/mol. The number of allylic oxidation sites excluding steroid dienone is 1. The third kappa shape index (κ3) is 3.71. The molecule has 0 amide bonds. The first-order valence-electron chi connectivity index (χ1n) is 7.29. The fraction of sp³-hybridized carbons (Fsp3) is 0.529. The number of hydrogen-bond donors (Lipinski definition) is 0. The summed E-state index contributed by atoms with van der Waals surface area (Å²) in [5.74, 6) is 0. The Morgan fingerprint density at radius 2 is 1.83 bits per heavy atom. The van der Waals surface area contributed by atoms with Crippen molar-refractivity contribution < 1.29 is 0 Å². The minimum atomic E-state index is 1.09. The first-order valence-corrected chi connectivity index (χ1v) is 8.08. The van der Waals surface area contributed by atoms with E-state index in [0.29, 0.717) is 0 Å². The van der Waals surface area contributed by atoms with Crippen LogP contribution in [0.5, 0.6) is 0 Å². The van der Waals surface area contributed by atoms with Crippen LogP contribution in [0.2, 0.25) is 0 Å². The van der Waals surface area contributed by atoms with E-state index in [9.17, 15) is 0 Å². The molecule has 0 aliphatic heterocycles. The summed E-state index contributed by atoms with van der Waals surface area (Å²) in [7, 11) is 0. The van der Waals surface area contributed by atoms with Gasteiger partial charge in [0.2, 0.25) is 0 Å². The fourth-order valence-electron chi connectivity index (χ4n) is 2.64. The highest BCUT2D eigenvalue weighted by molar-refractivity contribution is 9.10. The minimum absolute atomic E-state index is 1.09. The molecule has 0 spiro atoms. The first-order chi connectivity index (χ1) is 8.81. The van der Waals surface area contributed by atoms with Gasteiger partial charge in [0.1, 0.15) is 0 Å². The lowest BCUT2D eigenvalue weighted by molar-refractivity contribution is 0.607. The van der Waals surface area contributed by atoms with Gasteiger partial charge >= 0.3 is 0 Å². The third-order valence-electron chi connectivity index (χ3n) is 3.73. The summed E-state index contributed by atoms with van der Waals surface area (Å²) in [6, 6.07) is 4.69. The van der Waals surface area contributed by atoms with Gasteiger partial charge in [-0.05, 0) is 42.0 Å². The van der Waals surface area contributed by atoms with E-state index in [1.807, 2.05) is 0 Å². The van der Waals surface area contributed by atoms with Gasteiger partial charge in [-0.3, -0.25) is 0 Å². The topological polar surface area (TPSA) is 0 Å². The maximum atomic E-state index is 3.70. The van der Waals surface area contributed by atoms with E-state index in [2.05, 4.69) is 47.1 Å². The summed E-state index contributed by atoms with van der Waals surface area (Å²) in [5, 5.41) is 0. The first kappa shape index (κ1) is 13.9. The van der Waals surface area contributed by atoms with Crippen molar-refractivity contribution in [3.63, 3.8) is 0 Å². The Morgan fingerprint density at radius 1 is 1.06 bits per heavy atom. The highest BCUT2D eigenvalue weighted by Gasteiger charge is 2.10. The van der Waals surface area contributed by atoms with Gasteiger partial charge in [0.05, 0.1) is 0 Å². The lowest BCUT2D eigenvalue weighted by Gasteiger charge is -2.07. The molecule has 0 saturated heterocycles. The number of unbranched alkanes of at least 4 members (excludes halogenated alkanes) is 5. The molecule has 1 aliphatic carbocycles. The second-order valence-electron chi connectivity index (χ2n) is 5.27. The maximum Gasteiger partial charge on any atom is 0.0219 e. The smallest absolute Gasteiger partial charge is 0.0219 e. The van der Waals surface area contributed by atoms with Gasteiger partial charge < -0.3 is 0 Å². The van der Waals surface area contributed by atoms with Crippen LogP contribution in [-0.2, 0) is 12.8 Å². The molecule has 1 heteroatoms. The number of benzene rings is 1. The predicted molar refractivity (Wildman–Crippen MR) is 84.0 cm³/mol. The molecule has 98 valence electrons. The van der Waals surface area contributed by atoms with E-state index in [1.165, 1.54) is 66.1 Å². The van der Waals surface area contributed by atoms with Crippen LogP contribution in [0.15, 0.2) is 22.7 Å². The zero-order valence-corrected chi connectivity index (χ0v) is 12.9. The molecule has 2 rings (SSSR count). The summed E-state index contributed by atoms with van der Waals surface area (Å²) in [6.07, 6.45) is 15.1. The van der Waals surface area contributed by atoms with Gasteiger partial charge in [0.25, 0.3) is 0 Å². The molecule has 0 nitrogen and oxygen atoms in total. The summed E-state index contributed by atoms with van der Waals surface area (Å²) in [6.45, 7) is 2.27. The van der Waals surface area contributed by atoms with Crippen molar-refractivity contribution in [2.75, 3.05) is 0 Å². The lowest BCUT2D eigenvalue weighted by atomic mass is 10.0. The van der Waals surface area contributed by atoms with Crippen molar-refractivity contribution >= 4 is 22.0 Å². The molecule has 1 aromatic carbocycles. The van der Waals surface area contributed by atoms with Crippen molar-refractivity contribution in [1.82, 2.24) is 0 Å².